The molecule has 0 aromatic heterocycles. The Morgan fingerprint density at radius 3 is 2.36 bits per heavy atom. The Hall–Kier alpha value is -1.16. The van der Waals surface area contributed by atoms with Gasteiger partial charge in [0.25, 0.3) is 0 Å². The van der Waals surface area contributed by atoms with Gasteiger partial charge < -0.3 is 9.47 Å². The van der Waals surface area contributed by atoms with Crippen molar-refractivity contribution in [1.82, 2.24) is 0 Å². The number of ether oxygens (including phenoxy) is 2. The van der Waals surface area contributed by atoms with Crippen molar-refractivity contribution >= 4 is 0 Å². The van der Waals surface area contributed by atoms with E-state index in [-0.39, 0.29) is 0 Å². The summed E-state index contributed by atoms with van der Waals surface area (Å²) in [6.07, 6.45) is -1.09. The van der Waals surface area contributed by atoms with E-state index in [1.165, 1.54) is 7.11 Å². The lowest BCUT2D eigenvalue weighted by Gasteiger charge is -2.36. The SMILES string of the molecule is COc1ccc(C2OCC2(F)F)cc1. The molecule has 1 fully saturated rings. The Labute approximate surface area is 80.4 Å². The second-order valence-electron chi connectivity index (χ2n) is 3.23. The maximum absolute atomic E-state index is 12.9. The number of alkyl halides is 2. The molecule has 2 nitrogen and oxygen atoms in total. The quantitative estimate of drug-likeness (QED) is 0.729. The van der Waals surface area contributed by atoms with Crippen LogP contribution in [-0.2, 0) is 4.74 Å². The molecule has 1 saturated heterocycles. The summed E-state index contributed by atoms with van der Waals surface area (Å²) in [6.45, 7) is -0.482. The number of rotatable bonds is 2. The van der Waals surface area contributed by atoms with Crippen LogP contribution in [0.25, 0.3) is 0 Å². The third-order valence-electron chi connectivity index (χ3n) is 2.24. The normalized spacial score (nSPS) is 24.1. The van der Waals surface area contributed by atoms with Gasteiger partial charge in [-0.1, -0.05) is 12.1 Å². The molecular weight excluding hydrogens is 190 g/mol. The first-order valence-electron chi connectivity index (χ1n) is 4.27. The molecule has 1 atom stereocenters. The van der Waals surface area contributed by atoms with Gasteiger partial charge in [0, 0.05) is 0 Å². The predicted molar refractivity (Wildman–Crippen MR) is 46.6 cm³/mol. The van der Waals surface area contributed by atoms with E-state index in [9.17, 15) is 8.78 Å². The van der Waals surface area contributed by atoms with Crippen LogP contribution in [0.3, 0.4) is 0 Å². The van der Waals surface area contributed by atoms with Gasteiger partial charge in [0.15, 0.2) is 0 Å². The molecule has 1 aromatic rings. The zero-order valence-corrected chi connectivity index (χ0v) is 7.67. The molecule has 0 saturated carbocycles. The average Bonchev–Trinajstić information content (AvgIpc) is 2.18. The maximum Gasteiger partial charge on any atom is 0.300 e. The van der Waals surface area contributed by atoms with Crippen molar-refractivity contribution < 1.29 is 18.3 Å². The van der Waals surface area contributed by atoms with Gasteiger partial charge in [-0.05, 0) is 17.7 Å². The average molecular weight is 200 g/mol. The van der Waals surface area contributed by atoms with E-state index in [1.807, 2.05) is 0 Å². The lowest BCUT2D eigenvalue weighted by molar-refractivity contribution is -0.268. The second kappa shape index (κ2) is 3.20. The molecule has 0 aliphatic carbocycles. The molecule has 0 amide bonds. The van der Waals surface area contributed by atoms with Crippen molar-refractivity contribution in [3.8, 4) is 5.75 Å². The van der Waals surface area contributed by atoms with Gasteiger partial charge in [0.2, 0.25) is 0 Å². The Kier molecular flexibility index (Phi) is 2.15. The van der Waals surface area contributed by atoms with Gasteiger partial charge in [-0.15, -0.1) is 0 Å². The lowest BCUT2D eigenvalue weighted by atomic mass is 10.00. The molecule has 4 heteroatoms. The Balaban J connectivity index is 2.17. The van der Waals surface area contributed by atoms with Crippen molar-refractivity contribution in [3.63, 3.8) is 0 Å². The minimum atomic E-state index is -2.73. The molecule has 1 aromatic carbocycles. The summed E-state index contributed by atoms with van der Waals surface area (Å²) in [5.41, 5.74) is 0.488. The summed E-state index contributed by atoms with van der Waals surface area (Å²) < 4.78 is 35.6. The predicted octanol–water partition coefficient (Wildman–Crippen LogP) is 2.40. The van der Waals surface area contributed by atoms with E-state index < -0.39 is 18.6 Å². The van der Waals surface area contributed by atoms with Crippen molar-refractivity contribution in [3.05, 3.63) is 29.8 Å². The van der Waals surface area contributed by atoms with E-state index in [2.05, 4.69) is 0 Å². The van der Waals surface area contributed by atoms with Crippen molar-refractivity contribution in [2.24, 2.45) is 0 Å². The fourth-order valence-electron chi connectivity index (χ4n) is 1.41. The van der Waals surface area contributed by atoms with Gasteiger partial charge in [-0.3, -0.25) is 0 Å². The van der Waals surface area contributed by atoms with Gasteiger partial charge in [0.1, 0.15) is 18.5 Å². The second-order valence-corrected chi connectivity index (χ2v) is 3.23. The number of hydrogen-bond acceptors (Lipinski definition) is 2. The standard InChI is InChI=1S/C10H10F2O2/c1-13-8-4-2-7(3-5-8)9-10(11,12)6-14-9/h2-5,9H,6H2,1H3. The Morgan fingerprint density at radius 2 is 2.00 bits per heavy atom. The first-order chi connectivity index (χ1) is 6.63. The zero-order chi connectivity index (χ0) is 10.2. The molecule has 0 radical (unpaired) electrons. The van der Waals surface area contributed by atoms with Crippen molar-refractivity contribution in [2.45, 2.75) is 12.0 Å². The molecule has 1 aliphatic rings. The highest BCUT2D eigenvalue weighted by Crippen LogP contribution is 2.43. The molecule has 14 heavy (non-hydrogen) atoms. The Bertz CT molecular complexity index is 321. The van der Waals surface area contributed by atoms with E-state index in [0.717, 1.165) is 0 Å². The van der Waals surface area contributed by atoms with Crippen LogP contribution in [0, 0.1) is 0 Å². The summed E-state index contributed by atoms with van der Waals surface area (Å²) in [5.74, 6) is -2.08. The molecule has 1 aliphatic heterocycles. The molecule has 76 valence electrons. The topological polar surface area (TPSA) is 18.5 Å². The van der Waals surface area contributed by atoms with E-state index in [4.69, 9.17) is 9.47 Å². The van der Waals surface area contributed by atoms with E-state index in [0.29, 0.717) is 11.3 Å². The van der Waals surface area contributed by atoms with Crippen LogP contribution in [0.1, 0.15) is 11.7 Å². The fourth-order valence-corrected chi connectivity index (χ4v) is 1.41. The van der Waals surface area contributed by atoms with Gasteiger partial charge in [0.05, 0.1) is 7.11 Å². The number of hydrogen-bond donors (Lipinski definition) is 0. The molecule has 0 N–H and O–H groups in total. The molecule has 0 spiro atoms. The molecule has 0 bridgehead atoms. The van der Waals surface area contributed by atoms with E-state index in [1.54, 1.807) is 24.3 Å². The summed E-state index contributed by atoms with van der Waals surface area (Å²) in [6, 6.07) is 6.48. The fraction of sp³-hybridized carbons (Fsp3) is 0.400. The van der Waals surface area contributed by atoms with E-state index >= 15 is 0 Å². The maximum atomic E-state index is 12.9. The largest absolute Gasteiger partial charge is 0.497 e. The summed E-state index contributed by atoms with van der Waals surface area (Å²) in [7, 11) is 1.53. The Morgan fingerprint density at radius 1 is 1.36 bits per heavy atom. The van der Waals surface area contributed by atoms with Crippen LogP contribution in [0.2, 0.25) is 0 Å². The molecule has 1 unspecified atom stereocenters. The molecule has 1 heterocycles. The summed E-state index contributed by atoms with van der Waals surface area (Å²) >= 11 is 0. The van der Waals surface area contributed by atoms with Crippen LogP contribution in [0.4, 0.5) is 8.78 Å². The molecular formula is C10H10F2O2. The first kappa shape index (κ1) is 9.40. The highest BCUT2D eigenvalue weighted by molar-refractivity contribution is 5.30. The highest BCUT2D eigenvalue weighted by atomic mass is 19.3. The third kappa shape index (κ3) is 1.46. The van der Waals surface area contributed by atoms with Gasteiger partial charge in [-0.25, -0.2) is 8.78 Å². The lowest BCUT2D eigenvalue weighted by Crippen LogP contribution is -2.44. The minimum absolute atomic E-state index is 0.482. The smallest absolute Gasteiger partial charge is 0.300 e. The summed E-state index contributed by atoms with van der Waals surface area (Å²) in [5, 5.41) is 0. The van der Waals surface area contributed by atoms with Crippen LogP contribution in [-0.4, -0.2) is 19.6 Å². The van der Waals surface area contributed by atoms with Crippen LogP contribution in [0.15, 0.2) is 24.3 Å². The van der Waals surface area contributed by atoms with Crippen molar-refractivity contribution in [2.75, 3.05) is 13.7 Å². The highest BCUT2D eigenvalue weighted by Gasteiger charge is 2.50. The van der Waals surface area contributed by atoms with Crippen LogP contribution >= 0.6 is 0 Å². The number of halogens is 2. The third-order valence-corrected chi connectivity index (χ3v) is 2.24. The first-order valence-corrected chi connectivity index (χ1v) is 4.27. The summed E-state index contributed by atoms with van der Waals surface area (Å²) in [4.78, 5) is 0. The minimum Gasteiger partial charge on any atom is -0.497 e. The zero-order valence-electron chi connectivity index (χ0n) is 7.67. The van der Waals surface area contributed by atoms with Crippen LogP contribution in [0.5, 0.6) is 5.75 Å². The molecule has 2 rings (SSSR count). The van der Waals surface area contributed by atoms with Crippen molar-refractivity contribution in [1.29, 1.82) is 0 Å². The monoisotopic (exact) mass is 200 g/mol. The number of methoxy groups -OCH3 is 1. The van der Waals surface area contributed by atoms with Gasteiger partial charge in [-0.2, -0.15) is 0 Å². The number of benzene rings is 1. The van der Waals surface area contributed by atoms with Gasteiger partial charge >= 0.3 is 5.92 Å². The van der Waals surface area contributed by atoms with Crippen LogP contribution < -0.4 is 4.74 Å².